The minimum absolute atomic E-state index is 0.0611. The highest BCUT2D eigenvalue weighted by molar-refractivity contribution is 7.08. The van der Waals surface area contributed by atoms with E-state index in [1.54, 1.807) is 7.11 Å². The summed E-state index contributed by atoms with van der Waals surface area (Å²) in [6.07, 6.45) is 0.736. The Bertz CT molecular complexity index is 711. The Labute approximate surface area is 157 Å². The van der Waals surface area contributed by atoms with Crippen LogP contribution in [0.4, 0.5) is 0 Å². The third-order valence-corrected chi connectivity index (χ3v) is 5.24. The van der Waals surface area contributed by atoms with Crippen molar-refractivity contribution in [2.75, 3.05) is 46.4 Å². The van der Waals surface area contributed by atoms with Gasteiger partial charge in [-0.05, 0) is 42.2 Å². The first-order valence-corrected chi connectivity index (χ1v) is 9.58. The van der Waals surface area contributed by atoms with Gasteiger partial charge >= 0.3 is 0 Å². The highest BCUT2D eigenvalue weighted by atomic mass is 32.1. The summed E-state index contributed by atoms with van der Waals surface area (Å²) in [6, 6.07) is 7.59. The number of carbonyl (C=O) groups excluding carboxylic acids is 1. The standard InChI is InChI=1S/C18H24N4O3S/c1-3-16-17(26-20-19-16)18(23)22-10-8-21(9-11-22)12-13-25-15-6-4-14(24-2)5-7-15/h4-7H,3,8-13H2,1-2H3. The van der Waals surface area contributed by atoms with Crippen molar-refractivity contribution in [3.63, 3.8) is 0 Å². The maximum Gasteiger partial charge on any atom is 0.267 e. The lowest BCUT2D eigenvalue weighted by molar-refractivity contribution is 0.0623. The molecule has 0 aliphatic carbocycles. The summed E-state index contributed by atoms with van der Waals surface area (Å²) in [7, 11) is 1.65. The van der Waals surface area contributed by atoms with Gasteiger partial charge in [-0.15, -0.1) is 5.10 Å². The molecule has 1 aliphatic heterocycles. The molecule has 3 rings (SSSR count). The third-order valence-electron chi connectivity index (χ3n) is 4.48. The normalized spacial score (nSPS) is 15.1. The van der Waals surface area contributed by atoms with E-state index >= 15 is 0 Å². The zero-order chi connectivity index (χ0) is 18.4. The Kier molecular flexibility index (Phi) is 6.40. The number of benzene rings is 1. The SMILES string of the molecule is CCc1nnsc1C(=O)N1CCN(CCOc2ccc(OC)cc2)CC1. The molecule has 7 nitrogen and oxygen atoms in total. The van der Waals surface area contributed by atoms with Gasteiger partial charge in [0, 0.05) is 32.7 Å². The molecule has 2 aromatic rings. The van der Waals surface area contributed by atoms with Crippen LogP contribution in [0.5, 0.6) is 11.5 Å². The molecule has 0 N–H and O–H groups in total. The zero-order valence-electron chi connectivity index (χ0n) is 15.2. The first kappa shape index (κ1) is 18.6. The molecule has 0 atom stereocenters. The number of aryl methyl sites for hydroxylation is 1. The van der Waals surface area contributed by atoms with E-state index in [0.717, 1.165) is 56.3 Å². The molecule has 0 spiro atoms. The predicted octanol–water partition coefficient (Wildman–Crippen LogP) is 1.95. The first-order chi connectivity index (χ1) is 12.7. The predicted molar refractivity (Wildman–Crippen MR) is 100 cm³/mol. The van der Waals surface area contributed by atoms with Crippen molar-refractivity contribution in [2.45, 2.75) is 13.3 Å². The molecule has 26 heavy (non-hydrogen) atoms. The quantitative estimate of drug-likeness (QED) is 0.736. The Morgan fingerprint density at radius 2 is 1.85 bits per heavy atom. The van der Waals surface area contributed by atoms with E-state index in [2.05, 4.69) is 14.5 Å². The Morgan fingerprint density at radius 3 is 2.50 bits per heavy atom. The van der Waals surface area contributed by atoms with Crippen molar-refractivity contribution in [1.29, 1.82) is 0 Å². The van der Waals surface area contributed by atoms with Gasteiger partial charge in [-0.1, -0.05) is 11.4 Å². The van der Waals surface area contributed by atoms with Crippen LogP contribution in [-0.4, -0.2) is 71.7 Å². The average Bonchev–Trinajstić information content (AvgIpc) is 3.17. The molecule has 0 bridgehead atoms. The molecule has 0 saturated carbocycles. The van der Waals surface area contributed by atoms with Gasteiger partial charge in [0.1, 0.15) is 23.0 Å². The Morgan fingerprint density at radius 1 is 1.15 bits per heavy atom. The molecule has 1 saturated heterocycles. The van der Waals surface area contributed by atoms with Crippen LogP contribution in [-0.2, 0) is 6.42 Å². The summed E-state index contributed by atoms with van der Waals surface area (Å²) < 4.78 is 14.8. The summed E-state index contributed by atoms with van der Waals surface area (Å²) in [4.78, 5) is 17.5. The summed E-state index contributed by atoms with van der Waals surface area (Å²) in [5.41, 5.74) is 0.801. The lowest BCUT2D eigenvalue weighted by atomic mass is 10.2. The van der Waals surface area contributed by atoms with Crippen molar-refractivity contribution in [3.05, 3.63) is 34.8 Å². The van der Waals surface area contributed by atoms with Gasteiger partial charge in [0.05, 0.1) is 12.8 Å². The minimum atomic E-state index is 0.0611. The number of nitrogens with zero attached hydrogens (tertiary/aromatic N) is 4. The number of carbonyl (C=O) groups is 1. The topological polar surface area (TPSA) is 67.8 Å². The van der Waals surface area contributed by atoms with Gasteiger partial charge in [0.2, 0.25) is 0 Å². The molecule has 1 aliphatic rings. The number of rotatable bonds is 7. The number of hydrogen-bond donors (Lipinski definition) is 0. The van der Waals surface area contributed by atoms with Crippen LogP contribution in [0.25, 0.3) is 0 Å². The summed E-state index contributed by atoms with van der Waals surface area (Å²) in [5.74, 6) is 1.72. The van der Waals surface area contributed by atoms with Crippen LogP contribution in [0.3, 0.4) is 0 Å². The molecule has 1 aromatic heterocycles. The van der Waals surface area contributed by atoms with Crippen molar-refractivity contribution < 1.29 is 14.3 Å². The first-order valence-electron chi connectivity index (χ1n) is 8.81. The molecule has 1 amide bonds. The molecule has 140 valence electrons. The Balaban J connectivity index is 1.41. The van der Waals surface area contributed by atoms with Crippen LogP contribution in [0.1, 0.15) is 22.3 Å². The lowest BCUT2D eigenvalue weighted by Gasteiger charge is -2.34. The van der Waals surface area contributed by atoms with Crippen LogP contribution in [0.15, 0.2) is 24.3 Å². The van der Waals surface area contributed by atoms with Gasteiger partial charge in [-0.2, -0.15) is 0 Å². The number of amides is 1. The van der Waals surface area contributed by atoms with E-state index in [4.69, 9.17) is 9.47 Å². The van der Waals surface area contributed by atoms with E-state index in [-0.39, 0.29) is 5.91 Å². The highest BCUT2D eigenvalue weighted by Crippen LogP contribution is 2.18. The average molecular weight is 376 g/mol. The second-order valence-electron chi connectivity index (χ2n) is 6.06. The van der Waals surface area contributed by atoms with E-state index in [1.165, 1.54) is 11.5 Å². The Hall–Kier alpha value is -2.19. The molecule has 2 heterocycles. The maximum absolute atomic E-state index is 12.6. The van der Waals surface area contributed by atoms with Crippen LogP contribution in [0.2, 0.25) is 0 Å². The highest BCUT2D eigenvalue weighted by Gasteiger charge is 2.25. The van der Waals surface area contributed by atoms with E-state index in [0.29, 0.717) is 11.5 Å². The monoisotopic (exact) mass is 376 g/mol. The molecule has 0 radical (unpaired) electrons. The fourth-order valence-corrected chi connectivity index (χ4v) is 3.60. The number of methoxy groups -OCH3 is 1. The summed E-state index contributed by atoms with van der Waals surface area (Å²) >= 11 is 1.20. The summed E-state index contributed by atoms with van der Waals surface area (Å²) in [5, 5.41) is 4.03. The van der Waals surface area contributed by atoms with Gasteiger partial charge in [0.25, 0.3) is 5.91 Å². The van der Waals surface area contributed by atoms with Crippen molar-refractivity contribution >= 4 is 17.4 Å². The van der Waals surface area contributed by atoms with E-state index in [9.17, 15) is 4.79 Å². The van der Waals surface area contributed by atoms with Gasteiger partial charge in [0.15, 0.2) is 0 Å². The van der Waals surface area contributed by atoms with Crippen molar-refractivity contribution in [3.8, 4) is 11.5 Å². The fourth-order valence-electron chi connectivity index (χ4n) is 2.89. The number of ether oxygens (including phenoxy) is 2. The molecule has 8 heteroatoms. The maximum atomic E-state index is 12.6. The number of aromatic nitrogens is 2. The number of piperazine rings is 1. The lowest BCUT2D eigenvalue weighted by Crippen LogP contribution is -2.49. The van der Waals surface area contributed by atoms with E-state index in [1.807, 2.05) is 36.1 Å². The second-order valence-corrected chi connectivity index (χ2v) is 6.81. The van der Waals surface area contributed by atoms with Gasteiger partial charge in [-0.25, -0.2) is 0 Å². The minimum Gasteiger partial charge on any atom is -0.497 e. The van der Waals surface area contributed by atoms with Crippen LogP contribution < -0.4 is 9.47 Å². The molecule has 0 unspecified atom stereocenters. The number of hydrogen-bond acceptors (Lipinski definition) is 7. The second kappa shape index (κ2) is 8.95. The zero-order valence-corrected chi connectivity index (χ0v) is 16.0. The van der Waals surface area contributed by atoms with E-state index < -0.39 is 0 Å². The smallest absolute Gasteiger partial charge is 0.267 e. The van der Waals surface area contributed by atoms with Crippen LogP contribution >= 0.6 is 11.5 Å². The third kappa shape index (κ3) is 4.50. The van der Waals surface area contributed by atoms with Crippen molar-refractivity contribution in [1.82, 2.24) is 19.4 Å². The molecule has 1 fully saturated rings. The fraction of sp³-hybridized carbons (Fsp3) is 0.500. The molecular weight excluding hydrogens is 352 g/mol. The summed E-state index contributed by atoms with van der Waals surface area (Å²) in [6.45, 7) is 6.62. The molecule has 1 aromatic carbocycles. The van der Waals surface area contributed by atoms with Crippen LogP contribution in [0, 0.1) is 0 Å². The molecular formula is C18H24N4O3S. The van der Waals surface area contributed by atoms with Crippen molar-refractivity contribution in [2.24, 2.45) is 0 Å². The largest absolute Gasteiger partial charge is 0.497 e. The van der Waals surface area contributed by atoms with Gasteiger partial charge < -0.3 is 14.4 Å². The van der Waals surface area contributed by atoms with Gasteiger partial charge in [-0.3, -0.25) is 9.69 Å².